The van der Waals surface area contributed by atoms with Gasteiger partial charge in [-0.1, -0.05) is 43.4 Å². The monoisotopic (exact) mass is 196 g/mol. The van der Waals surface area contributed by atoms with Crippen molar-refractivity contribution >= 4 is 12.2 Å². The molecule has 1 unspecified atom stereocenters. The van der Waals surface area contributed by atoms with E-state index in [0.29, 0.717) is 5.92 Å². The SMILES string of the molecule is CC1CC=Cc2ccc3c(c21)CCC=C3. The van der Waals surface area contributed by atoms with E-state index in [1.165, 1.54) is 30.4 Å². The third-order valence-corrected chi connectivity index (χ3v) is 3.57. The molecule has 0 aliphatic heterocycles. The van der Waals surface area contributed by atoms with Crippen LogP contribution in [0.15, 0.2) is 24.3 Å². The Kier molecular flexibility index (Phi) is 2.02. The molecule has 0 radical (unpaired) electrons. The normalized spacial score (nSPS) is 22.3. The largest absolute Gasteiger partial charge is 0.0836 e. The van der Waals surface area contributed by atoms with Crippen molar-refractivity contribution in [2.75, 3.05) is 0 Å². The van der Waals surface area contributed by atoms with E-state index in [1.54, 1.807) is 11.1 Å². The van der Waals surface area contributed by atoms with Gasteiger partial charge in [-0.15, -0.1) is 0 Å². The lowest BCUT2D eigenvalue weighted by molar-refractivity contribution is 0.751. The van der Waals surface area contributed by atoms with E-state index in [0.717, 1.165) is 0 Å². The summed E-state index contributed by atoms with van der Waals surface area (Å²) in [6.07, 6.45) is 12.8. The molecule has 3 rings (SSSR count). The van der Waals surface area contributed by atoms with Crippen LogP contribution >= 0.6 is 0 Å². The van der Waals surface area contributed by atoms with Crippen LogP contribution in [0.4, 0.5) is 0 Å². The molecule has 0 bridgehead atoms. The molecule has 1 aromatic carbocycles. The lowest BCUT2D eigenvalue weighted by atomic mass is 9.80. The minimum Gasteiger partial charge on any atom is -0.0836 e. The molecule has 2 aliphatic carbocycles. The maximum atomic E-state index is 2.35. The molecule has 1 atom stereocenters. The molecule has 0 heteroatoms. The summed E-state index contributed by atoms with van der Waals surface area (Å²) in [5, 5.41) is 0. The van der Waals surface area contributed by atoms with E-state index < -0.39 is 0 Å². The Morgan fingerprint density at radius 1 is 1.07 bits per heavy atom. The summed E-state index contributed by atoms with van der Waals surface area (Å²) in [5.41, 5.74) is 6.11. The zero-order chi connectivity index (χ0) is 10.3. The zero-order valence-electron chi connectivity index (χ0n) is 9.16. The summed E-state index contributed by atoms with van der Waals surface area (Å²) in [6, 6.07) is 4.54. The van der Waals surface area contributed by atoms with Gasteiger partial charge < -0.3 is 0 Å². The van der Waals surface area contributed by atoms with Crippen molar-refractivity contribution in [3.05, 3.63) is 46.5 Å². The van der Waals surface area contributed by atoms with Crippen molar-refractivity contribution in [3.63, 3.8) is 0 Å². The Balaban J connectivity index is 2.25. The lowest BCUT2D eigenvalue weighted by Crippen LogP contribution is -2.08. The fourth-order valence-corrected chi connectivity index (χ4v) is 2.82. The number of hydrogen-bond donors (Lipinski definition) is 0. The maximum absolute atomic E-state index is 2.35. The summed E-state index contributed by atoms with van der Waals surface area (Å²) < 4.78 is 0. The van der Waals surface area contributed by atoms with Gasteiger partial charge >= 0.3 is 0 Å². The Labute approximate surface area is 91.3 Å². The standard InChI is InChI=1S/C15H16/c1-11-5-4-7-13-10-9-12-6-2-3-8-14(12)15(11)13/h2,4,6-7,9-11H,3,5,8H2,1H3. The number of fused-ring (bicyclic) bond motifs is 3. The van der Waals surface area contributed by atoms with Crippen LogP contribution in [0.1, 0.15) is 47.9 Å². The van der Waals surface area contributed by atoms with Crippen LogP contribution in [0.2, 0.25) is 0 Å². The molecule has 0 saturated heterocycles. The van der Waals surface area contributed by atoms with Gasteiger partial charge in [-0.3, -0.25) is 0 Å². The Morgan fingerprint density at radius 2 is 1.87 bits per heavy atom. The van der Waals surface area contributed by atoms with Crippen LogP contribution in [-0.4, -0.2) is 0 Å². The zero-order valence-corrected chi connectivity index (χ0v) is 9.16. The van der Waals surface area contributed by atoms with Crippen LogP contribution < -0.4 is 0 Å². The predicted molar refractivity (Wildman–Crippen MR) is 65.9 cm³/mol. The van der Waals surface area contributed by atoms with E-state index in [9.17, 15) is 0 Å². The first-order chi connectivity index (χ1) is 7.36. The smallest absolute Gasteiger partial charge is 0.0147 e. The molecule has 0 nitrogen and oxygen atoms in total. The summed E-state index contributed by atoms with van der Waals surface area (Å²) in [5.74, 6) is 0.700. The average molecular weight is 196 g/mol. The fraction of sp³-hybridized carbons (Fsp3) is 0.333. The van der Waals surface area contributed by atoms with Crippen molar-refractivity contribution in [2.45, 2.75) is 32.1 Å². The average Bonchev–Trinajstić information content (AvgIpc) is 2.29. The molecule has 2 aliphatic rings. The van der Waals surface area contributed by atoms with E-state index >= 15 is 0 Å². The Hall–Kier alpha value is -1.30. The molecular weight excluding hydrogens is 180 g/mol. The van der Waals surface area contributed by atoms with Gasteiger partial charge in [0.1, 0.15) is 0 Å². The van der Waals surface area contributed by atoms with Crippen LogP contribution in [-0.2, 0) is 6.42 Å². The van der Waals surface area contributed by atoms with Gasteiger partial charge in [0.15, 0.2) is 0 Å². The van der Waals surface area contributed by atoms with Gasteiger partial charge in [-0.2, -0.15) is 0 Å². The van der Waals surface area contributed by atoms with E-state index in [2.05, 4.69) is 43.4 Å². The Bertz CT molecular complexity index is 449. The highest BCUT2D eigenvalue weighted by molar-refractivity contribution is 5.67. The lowest BCUT2D eigenvalue weighted by Gasteiger charge is -2.24. The van der Waals surface area contributed by atoms with Crippen molar-refractivity contribution in [2.24, 2.45) is 0 Å². The number of benzene rings is 1. The third-order valence-electron chi connectivity index (χ3n) is 3.57. The first-order valence-corrected chi connectivity index (χ1v) is 5.85. The number of allylic oxidation sites excluding steroid dienone is 2. The number of hydrogen-bond acceptors (Lipinski definition) is 0. The summed E-state index contributed by atoms with van der Waals surface area (Å²) in [7, 11) is 0. The summed E-state index contributed by atoms with van der Waals surface area (Å²) in [6.45, 7) is 2.35. The molecule has 0 aromatic heterocycles. The van der Waals surface area contributed by atoms with Crippen LogP contribution in [0, 0.1) is 0 Å². The first kappa shape index (κ1) is 8.96. The van der Waals surface area contributed by atoms with E-state index in [4.69, 9.17) is 0 Å². The quantitative estimate of drug-likeness (QED) is 0.584. The molecule has 0 spiro atoms. The maximum Gasteiger partial charge on any atom is -0.0147 e. The van der Waals surface area contributed by atoms with Crippen molar-refractivity contribution in [3.8, 4) is 0 Å². The topological polar surface area (TPSA) is 0 Å². The molecule has 76 valence electrons. The minimum absolute atomic E-state index is 0.700. The van der Waals surface area contributed by atoms with Crippen LogP contribution in [0.25, 0.3) is 12.2 Å². The first-order valence-electron chi connectivity index (χ1n) is 5.85. The highest BCUT2D eigenvalue weighted by Crippen LogP contribution is 2.36. The second-order valence-electron chi connectivity index (χ2n) is 4.62. The summed E-state index contributed by atoms with van der Waals surface area (Å²) >= 11 is 0. The molecule has 15 heavy (non-hydrogen) atoms. The van der Waals surface area contributed by atoms with Gasteiger partial charge in [0.2, 0.25) is 0 Å². The second kappa shape index (κ2) is 3.37. The van der Waals surface area contributed by atoms with Gasteiger partial charge in [0, 0.05) is 0 Å². The molecule has 0 N–H and O–H groups in total. The molecule has 0 heterocycles. The van der Waals surface area contributed by atoms with Crippen molar-refractivity contribution in [1.82, 2.24) is 0 Å². The summed E-state index contributed by atoms with van der Waals surface area (Å²) in [4.78, 5) is 0. The highest BCUT2D eigenvalue weighted by Gasteiger charge is 2.19. The molecule has 0 amide bonds. The van der Waals surface area contributed by atoms with E-state index in [-0.39, 0.29) is 0 Å². The van der Waals surface area contributed by atoms with Crippen molar-refractivity contribution in [1.29, 1.82) is 0 Å². The second-order valence-corrected chi connectivity index (χ2v) is 4.62. The minimum atomic E-state index is 0.700. The van der Waals surface area contributed by atoms with Crippen LogP contribution in [0.5, 0.6) is 0 Å². The van der Waals surface area contributed by atoms with Crippen molar-refractivity contribution < 1.29 is 0 Å². The molecule has 0 fully saturated rings. The molecular formula is C15H16. The van der Waals surface area contributed by atoms with Crippen LogP contribution in [0.3, 0.4) is 0 Å². The number of rotatable bonds is 0. The van der Waals surface area contributed by atoms with Gasteiger partial charge in [-0.05, 0) is 47.4 Å². The third kappa shape index (κ3) is 1.36. The molecule has 1 aromatic rings. The molecule has 0 saturated carbocycles. The Morgan fingerprint density at radius 3 is 2.80 bits per heavy atom. The van der Waals surface area contributed by atoms with Gasteiger partial charge in [0.25, 0.3) is 0 Å². The fourth-order valence-electron chi connectivity index (χ4n) is 2.82. The van der Waals surface area contributed by atoms with E-state index in [1.807, 2.05) is 0 Å². The predicted octanol–water partition coefficient (Wildman–Crippen LogP) is 4.17. The highest BCUT2D eigenvalue weighted by atomic mass is 14.2. The van der Waals surface area contributed by atoms with Gasteiger partial charge in [-0.25, -0.2) is 0 Å². The van der Waals surface area contributed by atoms with Gasteiger partial charge in [0.05, 0.1) is 0 Å².